The highest BCUT2D eigenvalue weighted by Gasteiger charge is 2.26. The van der Waals surface area contributed by atoms with Crippen LogP contribution in [0.25, 0.3) is 11.6 Å². The first-order valence-corrected chi connectivity index (χ1v) is 6.82. The van der Waals surface area contributed by atoms with Crippen molar-refractivity contribution in [2.45, 2.75) is 26.2 Å². The molecule has 3 heterocycles. The maximum Gasteiger partial charge on any atom is 0.278 e. The monoisotopic (exact) mass is 282 g/mol. The Morgan fingerprint density at radius 2 is 2.10 bits per heavy atom. The van der Waals surface area contributed by atoms with E-state index in [-0.39, 0.29) is 6.10 Å². The standard InChI is InChI=1S/C15H14N4O2/c1-10-17-15(21-18-10)14-12-8-20-13(7-19(12)9-16-14)11-5-3-2-4-6-11/h2-6,9,13H,7-8H2,1H3/t13-/m1/s1. The lowest BCUT2D eigenvalue weighted by molar-refractivity contribution is 0.00330. The second-order valence-corrected chi connectivity index (χ2v) is 5.05. The first-order chi connectivity index (χ1) is 10.3. The molecule has 1 aromatic carbocycles. The van der Waals surface area contributed by atoms with Crippen molar-refractivity contribution in [2.75, 3.05) is 0 Å². The van der Waals surface area contributed by atoms with Crippen molar-refractivity contribution in [2.24, 2.45) is 0 Å². The summed E-state index contributed by atoms with van der Waals surface area (Å²) in [6.45, 7) is 3.01. The van der Waals surface area contributed by atoms with Crippen molar-refractivity contribution in [1.82, 2.24) is 19.7 Å². The van der Waals surface area contributed by atoms with Gasteiger partial charge in [0.25, 0.3) is 5.89 Å². The minimum absolute atomic E-state index is 0.0465. The highest BCUT2D eigenvalue weighted by atomic mass is 16.5. The molecule has 1 aliphatic rings. The van der Waals surface area contributed by atoms with Gasteiger partial charge in [0.2, 0.25) is 0 Å². The zero-order chi connectivity index (χ0) is 14.2. The van der Waals surface area contributed by atoms with Crippen molar-refractivity contribution in [3.63, 3.8) is 0 Å². The van der Waals surface area contributed by atoms with Gasteiger partial charge in [0, 0.05) is 0 Å². The van der Waals surface area contributed by atoms with Crippen molar-refractivity contribution in [3.05, 3.63) is 53.7 Å². The number of aromatic nitrogens is 4. The number of imidazole rings is 1. The van der Waals surface area contributed by atoms with E-state index in [4.69, 9.17) is 9.26 Å². The number of nitrogens with zero attached hydrogens (tertiary/aromatic N) is 4. The van der Waals surface area contributed by atoms with Crippen LogP contribution in [-0.2, 0) is 17.9 Å². The topological polar surface area (TPSA) is 66.0 Å². The largest absolute Gasteiger partial charge is 0.365 e. The van der Waals surface area contributed by atoms with Crippen LogP contribution in [0.15, 0.2) is 41.2 Å². The van der Waals surface area contributed by atoms with E-state index in [0.29, 0.717) is 24.0 Å². The number of hydrogen-bond donors (Lipinski definition) is 0. The third-order valence-corrected chi connectivity index (χ3v) is 3.63. The van der Waals surface area contributed by atoms with Crippen molar-refractivity contribution in [1.29, 1.82) is 0 Å². The normalized spacial score (nSPS) is 17.7. The van der Waals surface area contributed by atoms with Crippen molar-refractivity contribution >= 4 is 0 Å². The van der Waals surface area contributed by atoms with E-state index in [1.807, 2.05) is 24.5 Å². The summed E-state index contributed by atoms with van der Waals surface area (Å²) in [5.41, 5.74) is 2.86. The first-order valence-electron chi connectivity index (χ1n) is 6.82. The minimum atomic E-state index is 0.0465. The summed E-state index contributed by atoms with van der Waals surface area (Å²) in [7, 11) is 0. The summed E-state index contributed by atoms with van der Waals surface area (Å²) in [5, 5.41) is 3.81. The van der Waals surface area contributed by atoms with Crippen LogP contribution in [-0.4, -0.2) is 19.7 Å². The average molecular weight is 282 g/mol. The fourth-order valence-corrected chi connectivity index (χ4v) is 2.57. The minimum Gasteiger partial charge on any atom is -0.365 e. The van der Waals surface area contributed by atoms with Gasteiger partial charge in [0.1, 0.15) is 6.10 Å². The van der Waals surface area contributed by atoms with E-state index in [0.717, 1.165) is 12.2 Å². The molecular weight excluding hydrogens is 268 g/mol. The van der Waals surface area contributed by atoms with Gasteiger partial charge in [-0.2, -0.15) is 4.98 Å². The molecule has 6 nitrogen and oxygen atoms in total. The van der Waals surface area contributed by atoms with Crippen LogP contribution in [0.5, 0.6) is 0 Å². The Morgan fingerprint density at radius 3 is 2.86 bits per heavy atom. The van der Waals surface area contributed by atoms with Gasteiger partial charge < -0.3 is 13.8 Å². The predicted octanol–water partition coefficient (Wildman–Crippen LogP) is 2.51. The van der Waals surface area contributed by atoms with Gasteiger partial charge in [-0.25, -0.2) is 4.98 Å². The number of ether oxygens (including phenoxy) is 1. The van der Waals surface area contributed by atoms with Crippen LogP contribution >= 0.6 is 0 Å². The van der Waals surface area contributed by atoms with Gasteiger partial charge in [0.15, 0.2) is 11.5 Å². The molecule has 0 N–H and O–H groups in total. The quantitative estimate of drug-likeness (QED) is 0.722. The number of aryl methyl sites for hydroxylation is 1. The average Bonchev–Trinajstić information content (AvgIpc) is 3.13. The lowest BCUT2D eigenvalue weighted by atomic mass is 10.1. The van der Waals surface area contributed by atoms with Crippen LogP contribution in [0.2, 0.25) is 0 Å². The molecule has 0 bridgehead atoms. The molecule has 0 amide bonds. The Hall–Kier alpha value is -2.47. The van der Waals surface area contributed by atoms with E-state index in [1.165, 1.54) is 5.56 Å². The molecule has 21 heavy (non-hydrogen) atoms. The molecule has 0 saturated carbocycles. The third-order valence-electron chi connectivity index (χ3n) is 3.63. The van der Waals surface area contributed by atoms with Gasteiger partial charge >= 0.3 is 0 Å². The van der Waals surface area contributed by atoms with Crippen molar-refractivity contribution in [3.8, 4) is 11.6 Å². The molecule has 4 rings (SSSR count). The summed E-state index contributed by atoms with van der Waals surface area (Å²) in [5.74, 6) is 1.05. The molecule has 1 atom stereocenters. The molecule has 0 spiro atoms. The third kappa shape index (κ3) is 2.13. The SMILES string of the molecule is Cc1noc(-c2ncn3c2CO[C@@H](c2ccccc2)C3)n1. The van der Waals surface area contributed by atoms with Crippen molar-refractivity contribution < 1.29 is 9.26 Å². The molecular formula is C15H14N4O2. The maximum absolute atomic E-state index is 5.97. The summed E-state index contributed by atoms with van der Waals surface area (Å²) in [4.78, 5) is 8.63. The fourth-order valence-electron chi connectivity index (χ4n) is 2.57. The molecule has 0 unspecified atom stereocenters. The van der Waals surface area contributed by atoms with Crippen LogP contribution in [0.1, 0.15) is 23.2 Å². The second-order valence-electron chi connectivity index (χ2n) is 5.05. The maximum atomic E-state index is 5.97. The van der Waals surface area contributed by atoms with Gasteiger partial charge in [-0.3, -0.25) is 0 Å². The summed E-state index contributed by atoms with van der Waals surface area (Å²) in [6.07, 6.45) is 1.85. The van der Waals surface area contributed by atoms with E-state index >= 15 is 0 Å². The first kappa shape index (κ1) is 12.3. The zero-order valence-electron chi connectivity index (χ0n) is 11.6. The molecule has 0 saturated heterocycles. The molecule has 2 aromatic heterocycles. The van der Waals surface area contributed by atoms with E-state index in [9.17, 15) is 0 Å². The lowest BCUT2D eigenvalue weighted by Gasteiger charge is -2.25. The van der Waals surface area contributed by atoms with E-state index in [1.54, 1.807) is 6.92 Å². The van der Waals surface area contributed by atoms with Gasteiger partial charge in [-0.15, -0.1) is 0 Å². The highest BCUT2D eigenvalue weighted by molar-refractivity contribution is 5.50. The number of rotatable bonds is 2. The Bertz CT molecular complexity index is 763. The summed E-state index contributed by atoms with van der Waals surface area (Å²) in [6, 6.07) is 10.2. The smallest absolute Gasteiger partial charge is 0.278 e. The Kier molecular flexibility index (Phi) is 2.82. The van der Waals surface area contributed by atoms with Gasteiger partial charge in [-0.1, -0.05) is 35.5 Å². The fraction of sp³-hybridized carbons (Fsp3) is 0.267. The molecule has 0 radical (unpaired) electrons. The lowest BCUT2D eigenvalue weighted by Crippen LogP contribution is -2.20. The molecule has 106 valence electrons. The summed E-state index contributed by atoms with van der Waals surface area (Å²) >= 11 is 0. The number of hydrogen-bond acceptors (Lipinski definition) is 5. The molecule has 6 heteroatoms. The van der Waals surface area contributed by atoms with Crippen LogP contribution in [0, 0.1) is 6.92 Å². The van der Waals surface area contributed by atoms with Crippen LogP contribution in [0.4, 0.5) is 0 Å². The van der Waals surface area contributed by atoms with Crippen LogP contribution in [0.3, 0.4) is 0 Å². The van der Waals surface area contributed by atoms with E-state index in [2.05, 4.69) is 31.8 Å². The van der Waals surface area contributed by atoms with E-state index < -0.39 is 0 Å². The summed E-state index contributed by atoms with van der Waals surface area (Å²) < 4.78 is 13.3. The number of benzene rings is 1. The Morgan fingerprint density at radius 1 is 1.24 bits per heavy atom. The number of fused-ring (bicyclic) bond motifs is 1. The molecule has 0 aliphatic carbocycles. The highest BCUT2D eigenvalue weighted by Crippen LogP contribution is 2.30. The molecule has 3 aromatic rings. The Balaban J connectivity index is 1.65. The molecule has 1 aliphatic heterocycles. The van der Waals surface area contributed by atoms with Crippen LogP contribution < -0.4 is 0 Å². The predicted molar refractivity (Wildman–Crippen MR) is 74.2 cm³/mol. The zero-order valence-corrected chi connectivity index (χ0v) is 11.6. The Labute approximate surface area is 121 Å². The van der Waals surface area contributed by atoms with Gasteiger partial charge in [-0.05, 0) is 12.5 Å². The van der Waals surface area contributed by atoms with Gasteiger partial charge in [0.05, 0.1) is 25.2 Å². The molecule has 0 fully saturated rings. The second kappa shape index (κ2) is 4.82.